The number of rotatable bonds is 7. The van der Waals surface area contributed by atoms with E-state index in [1.165, 1.54) is 33.0 Å². The van der Waals surface area contributed by atoms with E-state index in [9.17, 15) is 0 Å². The summed E-state index contributed by atoms with van der Waals surface area (Å²) in [6.45, 7) is 4.50. The molecular formula is C53H40N2. The van der Waals surface area contributed by atoms with Crippen LogP contribution in [0, 0.1) is 0 Å². The lowest BCUT2D eigenvalue weighted by atomic mass is 9.93. The Kier molecular flexibility index (Phi) is 9.22. The molecule has 7 aromatic carbocycles. The molecule has 1 aliphatic rings. The molecule has 2 nitrogen and oxygen atoms in total. The van der Waals surface area contributed by atoms with Crippen LogP contribution < -0.4 is 4.90 Å². The van der Waals surface area contributed by atoms with Gasteiger partial charge in [0.2, 0.25) is 0 Å². The molecule has 2 heteroatoms. The number of hydrogen-bond acceptors (Lipinski definition) is 1. The standard InChI is InChI=1S/C53H40N2/c1-39-20-9-4-2-3-5-16-29-49(39)44-34-43(40-21-10-6-11-22-40)36-48(37-44)55-52-31-18-17-30-50(52)51-38-42(32-33-53(51)55)41-23-19-28-47(35-41)54(45-24-12-7-13-25-45)46-26-14-8-15-27-46/h2,4-38H,1,3H2/b4-2-,16-5-,20-9-,49-29?. The normalized spacial score (nSPS) is 14.7. The number of allylic oxidation sites excluding steroid dienone is 9. The number of hydrogen-bond donors (Lipinski definition) is 0. The van der Waals surface area contributed by atoms with Crippen molar-refractivity contribution in [2.75, 3.05) is 4.90 Å². The number of fused-ring (bicyclic) bond motifs is 3. The summed E-state index contributed by atoms with van der Waals surface area (Å²) in [5.74, 6) is 0. The fourth-order valence-electron chi connectivity index (χ4n) is 7.68. The molecule has 0 saturated carbocycles. The van der Waals surface area contributed by atoms with Gasteiger partial charge in [-0.05, 0) is 118 Å². The van der Waals surface area contributed by atoms with E-state index < -0.39 is 0 Å². The van der Waals surface area contributed by atoms with Crippen LogP contribution in [-0.4, -0.2) is 4.57 Å². The molecule has 1 aliphatic carbocycles. The Hall–Kier alpha value is -7.16. The monoisotopic (exact) mass is 704 g/mol. The summed E-state index contributed by atoms with van der Waals surface area (Å²) in [6, 6.07) is 63.3. The van der Waals surface area contributed by atoms with E-state index in [0.29, 0.717) is 0 Å². The molecule has 1 aromatic heterocycles. The molecule has 0 bridgehead atoms. The zero-order valence-corrected chi connectivity index (χ0v) is 30.6. The molecule has 8 aromatic rings. The molecule has 0 fully saturated rings. The lowest BCUT2D eigenvalue weighted by Gasteiger charge is -2.26. The summed E-state index contributed by atoms with van der Waals surface area (Å²) in [5.41, 5.74) is 14.7. The Bertz CT molecular complexity index is 2740. The zero-order chi connectivity index (χ0) is 37.0. The summed E-state index contributed by atoms with van der Waals surface area (Å²) in [6.07, 6.45) is 15.9. The van der Waals surface area contributed by atoms with Crippen LogP contribution in [0.5, 0.6) is 0 Å². The molecule has 0 radical (unpaired) electrons. The van der Waals surface area contributed by atoms with Crippen LogP contribution in [0.1, 0.15) is 12.0 Å². The lowest BCUT2D eigenvalue weighted by Crippen LogP contribution is -2.09. The van der Waals surface area contributed by atoms with Gasteiger partial charge in [0.15, 0.2) is 0 Å². The van der Waals surface area contributed by atoms with Crippen LogP contribution in [0.3, 0.4) is 0 Å². The molecule has 0 unspecified atom stereocenters. The first-order valence-electron chi connectivity index (χ1n) is 18.9. The van der Waals surface area contributed by atoms with Gasteiger partial charge in [0.05, 0.1) is 11.0 Å². The Morgan fingerprint density at radius 2 is 1.05 bits per heavy atom. The number of nitrogens with zero attached hydrogens (tertiary/aromatic N) is 2. The van der Waals surface area contributed by atoms with Crippen molar-refractivity contribution < 1.29 is 0 Å². The van der Waals surface area contributed by atoms with Gasteiger partial charge in [-0.1, -0.05) is 152 Å². The van der Waals surface area contributed by atoms with Gasteiger partial charge in [-0.3, -0.25) is 0 Å². The summed E-state index contributed by atoms with van der Waals surface area (Å²) in [7, 11) is 0. The van der Waals surface area contributed by atoms with Gasteiger partial charge < -0.3 is 9.47 Å². The predicted molar refractivity (Wildman–Crippen MR) is 235 cm³/mol. The summed E-state index contributed by atoms with van der Waals surface area (Å²) >= 11 is 0. The molecule has 1 heterocycles. The quantitative estimate of drug-likeness (QED) is 0.160. The van der Waals surface area contributed by atoms with Crippen LogP contribution in [0.4, 0.5) is 17.1 Å². The topological polar surface area (TPSA) is 8.17 Å². The largest absolute Gasteiger partial charge is 0.310 e. The molecule has 55 heavy (non-hydrogen) atoms. The number of benzene rings is 7. The van der Waals surface area contributed by atoms with Crippen LogP contribution in [0.15, 0.2) is 231 Å². The van der Waals surface area contributed by atoms with Crippen molar-refractivity contribution in [3.8, 4) is 27.9 Å². The lowest BCUT2D eigenvalue weighted by molar-refractivity contribution is 1.18. The van der Waals surface area contributed by atoms with Gasteiger partial charge in [-0.15, -0.1) is 0 Å². The third-order valence-electron chi connectivity index (χ3n) is 10.3. The van der Waals surface area contributed by atoms with Crippen molar-refractivity contribution in [3.63, 3.8) is 0 Å². The van der Waals surface area contributed by atoms with E-state index in [1.807, 2.05) is 0 Å². The average molecular weight is 705 g/mol. The van der Waals surface area contributed by atoms with Gasteiger partial charge >= 0.3 is 0 Å². The second-order valence-electron chi connectivity index (χ2n) is 13.8. The van der Waals surface area contributed by atoms with Crippen molar-refractivity contribution in [3.05, 3.63) is 236 Å². The number of para-hydroxylation sites is 3. The van der Waals surface area contributed by atoms with Crippen molar-refractivity contribution in [2.24, 2.45) is 0 Å². The summed E-state index contributed by atoms with van der Waals surface area (Å²) in [5, 5.41) is 2.44. The van der Waals surface area contributed by atoms with Crippen LogP contribution in [0.25, 0.3) is 55.3 Å². The second kappa shape index (κ2) is 15.1. The van der Waals surface area contributed by atoms with E-state index in [-0.39, 0.29) is 0 Å². The highest BCUT2D eigenvalue weighted by atomic mass is 15.1. The Morgan fingerprint density at radius 3 is 1.84 bits per heavy atom. The van der Waals surface area contributed by atoms with Gasteiger partial charge in [0.25, 0.3) is 0 Å². The van der Waals surface area contributed by atoms with Crippen LogP contribution in [0.2, 0.25) is 0 Å². The molecule has 0 saturated heterocycles. The maximum absolute atomic E-state index is 4.50. The highest BCUT2D eigenvalue weighted by molar-refractivity contribution is 6.10. The van der Waals surface area contributed by atoms with E-state index in [2.05, 4.69) is 235 Å². The Balaban J connectivity index is 1.20. The summed E-state index contributed by atoms with van der Waals surface area (Å²) in [4.78, 5) is 2.32. The first-order chi connectivity index (χ1) is 27.2. The van der Waals surface area contributed by atoms with E-state index in [4.69, 9.17) is 0 Å². The maximum atomic E-state index is 4.50. The van der Waals surface area contributed by atoms with Gasteiger partial charge in [-0.2, -0.15) is 0 Å². The molecule has 9 rings (SSSR count). The molecule has 262 valence electrons. The van der Waals surface area contributed by atoms with Crippen molar-refractivity contribution in [1.82, 2.24) is 4.57 Å². The molecule has 0 atom stereocenters. The molecule has 0 amide bonds. The third-order valence-corrected chi connectivity index (χ3v) is 10.3. The zero-order valence-electron chi connectivity index (χ0n) is 30.6. The fraction of sp³-hybridized carbons (Fsp3) is 0.0189. The van der Waals surface area contributed by atoms with Crippen molar-refractivity contribution in [1.29, 1.82) is 0 Å². The fourth-order valence-corrected chi connectivity index (χ4v) is 7.68. The maximum Gasteiger partial charge on any atom is 0.0541 e. The number of anilines is 3. The molecule has 0 aliphatic heterocycles. The second-order valence-corrected chi connectivity index (χ2v) is 13.8. The Morgan fingerprint density at radius 1 is 0.436 bits per heavy atom. The molecule has 0 spiro atoms. The minimum absolute atomic E-state index is 0.891. The van der Waals surface area contributed by atoms with Gasteiger partial charge in [-0.25, -0.2) is 0 Å². The highest BCUT2D eigenvalue weighted by Crippen LogP contribution is 2.40. The first-order valence-corrected chi connectivity index (χ1v) is 18.9. The van der Waals surface area contributed by atoms with E-state index in [0.717, 1.165) is 57.0 Å². The number of aromatic nitrogens is 1. The van der Waals surface area contributed by atoms with E-state index >= 15 is 0 Å². The highest BCUT2D eigenvalue weighted by Gasteiger charge is 2.18. The predicted octanol–water partition coefficient (Wildman–Crippen LogP) is 14.6. The van der Waals surface area contributed by atoms with Crippen LogP contribution in [-0.2, 0) is 0 Å². The Labute approximate surface area is 323 Å². The van der Waals surface area contributed by atoms with Crippen molar-refractivity contribution >= 4 is 44.4 Å². The molecular weight excluding hydrogens is 665 g/mol. The first kappa shape index (κ1) is 33.7. The summed E-state index contributed by atoms with van der Waals surface area (Å²) < 4.78 is 2.42. The SMILES string of the molecule is C=C1/C=C\C=C/C/C=C\C=C1c1cc(-c2ccccc2)cc(-n2c3ccccc3c3cc(-c4cccc(N(c5ccccc5)c5ccccc5)c4)ccc32)c1. The third kappa shape index (κ3) is 6.78. The van der Waals surface area contributed by atoms with Crippen molar-refractivity contribution in [2.45, 2.75) is 6.42 Å². The smallest absolute Gasteiger partial charge is 0.0541 e. The average Bonchev–Trinajstić information content (AvgIpc) is 3.58. The van der Waals surface area contributed by atoms with Crippen LogP contribution >= 0.6 is 0 Å². The van der Waals surface area contributed by atoms with E-state index in [1.54, 1.807) is 0 Å². The van der Waals surface area contributed by atoms with Gasteiger partial charge in [0.1, 0.15) is 0 Å². The molecule has 0 N–H and O–H groups in total. The van der Waals surface area contributed by atoms with Gasteiger partial charge in [0, 0.05) is 33.5 Å². The minimum atomic E-state index is 0.891. The minimum Gasteiger partial charge on any atom is -0.310 e.